The van der Waals surface area contributed by atoms with Crippen LogP contribution in [-0.4, -0.2) is 14.8 Å². The second-order valence-electron chi connectivity index (χ2n) is 7.25. The van der Waals surface area contributed by atoms with Gasteiger partial charge in [-0.05, 0) is 56.2 Å². The van der Waals surface area contributed by atoms with Crippen molar-refractivity contribution < 1.29 is 9.13 Å². The summed E-state index contributed by atoms with van der Waals surface area (Å²) in [6.07, 6.45) is 0. The van der Waals surface area contributed by atoms with E-state index in [2.05, 4.69) is 10.1 Å². The van der Waals surface area contributed by atoms with Gasteiger partial charge in [-0.2, -0.15) is 0 Å². The molecule has 1 aliphatic heterocycles. The third kappa shape index (κ3) is 4.00. The number of aromatic nitrogens is 2. The van der Waals surface area contributed by atoms with Gasteiger partial charge in [0.05, 0.1) is 15.9 Å². The van der Waals surface area contributed by atoms with Crippen molar-refractivity contribution in [1.29, 1.82) is 0 Å². The molecule has 2 aromatic carbocycles. The van der Waals surface area contributed by atoms with Crippen molar-refractivity contribution in [3.05, 3.63) is 81.4 Å². The average molecular weight is 412 g/mol. The zero-order valence-electron chi connectivity index (χ0n) is 16.5. The zero-order chi connectivity index (χ0) is 20.5. The van der Waals surface area contributed by atoms with Crippen molar-refractivity contribution in [3.8, 4) is 5.75 Å². The highest BCUT2D eigenvalue weighted by Gasteiger charge is 2.30. The molecule has 29 heavy (non-hydrogen) atoms. The highest BCUT2D eigenvalue weighted by atomic mass is 32.2. The summed E-state index contributed by atoms with van der Waals surface area (Å²) in [5, 5.41) is 3.73. The first-order valence-corrected chi connectivity index (χ1v) is 10.3. The third-order valence-electron chi connectivity index (χ3n) is 4.77. The number of fused-ring (bicyclic) bond motifs is 1. The molecule has 1 aromatic heterocycles. The molecule has 0 saturated carbocycles. The summed E-state index contributed by atoms with van der Waals surface area (Å²) in [5.74, 6) is 1.17. The van der Waals surface area contributed by atoms with Crippen molar-refractivity contribution in [2.24, 2.45) is 4.99 Å². The Morgan fingerprint density at radius 3 is 2.52 bits per heavy atom. The SMILES string of the molecule is CC1=Nc2c(c(=O)[nH]n2C(C)C)[C@H](c2ccc(OCc3ccc(F)cc3)cc2)S1. The number of hydrogen-bond acceptors (Lipinski definition) is 4. The van der Waals surface area contributed by atoms with Gasteiger partial charge < -0.3 is 4.74 Å². The Morgan fingerprint density at radius 1 is 1.17 bits per heavy atom. The van der Waals surface area contributed by atoms with Crippen LogP contribution in [0.25, 0.3) is 0 Å². The lowest BCUT2D eigenvalue weighted by atomic mass is 10.1. The number of H-pyrrole nitrogens is 1. The minimum absolute atomic E-state index is 0.0981. The molecule has 0 saturated heterocycles. The molecule has 2 heterocycles. The fourth-order valence-corrected chi connectivity index (χ4v) is 4.41. The van der Waals surface area contributed by atoms with E-state index >= 15 is 0 Å². The smallest absolute Gasteiger partial charge is 0.271 e. The summed E-state index contributed by atoms with van der Waals surface area (Å²) in [6, 6.07) is 14.1. The standard InChI is InChI=1S/C22H22FN3O2S/c1-13(2)26-21-19(22(27)25-26)20(29-14(3)24-21)16-6-10-18(11-7-16)28-12-15-4-8-17(23)9-5-15/h4-11,13,20H,12H2,1-3H3,(H,25,27)/t20-/m0/s1. The molecule has 1 aliphatic rings. The molecular weight excluding hydrogens is 389 g/mol. The summed E-state index contributed by atoms with van der Waals surface area (Å²) in [6.45, 7) is 6.36. The van der Waals surface area contributed by atoms with E-state index in [4.69, 9.17) is 4.74 Å². The highest BCUT2D eigenvalue weighted by Crippen LogP contribution is 2.44. The van der Waals surface area contributed by atoms with Gasteiger partial charge in [0.15, 0.2) is 5.82 Å². The van der Waals surface area contributed by atoms with Crippen LogP contribution in [0.15, 0.2) is 58.3 Å². The molecule has 0 fully saturated rings. The van der Waals surface area contributed by atoms with E-state index in [1.165, 1.54) is 12.1 Å². The van der Waals surface area contributed by atoms with Gasteiger partial charge in [0.1, 0.15) is 18.2 Å². The van der Waals surface area contributed by atoms with E-state index in [0.29, 0.717) is 18.0 Å². The van der Waals surface area contributed by atoms with Crippen LogP contribution < -0.4 is 10.3 Å². The molecule has 0 radical (unpaired) electrons. The maximum Gasteiger partial charge on any atom is 0.271 e. The number of halogens is 1. The molecule has 1 N–H and O–H groups in total. The van der Waals surface area contributed by atoms with Gasteiger partial charge in [0.25, 0.3) is 5.56 Å². The number of rotatable bonds is 5. The van der Waals surface area contributed by atoms with Gasteiger partial charge in [-0.3, -0.25) is 14.6 Å². The van der Waals surface area contributed by atoms with Crippen LogP contribution in [0, 0.1) is 5.82 Å². The molecule has 3 aromatic rings. The van der Waals surface area contributed by atoms with E-state index < -0.39 is 0 Å². The van der Waals surface area contributed by atoms with Crippen LogP contribution in [0.3, 0.4) is 0 Å². The van der Waals surface area contributed by atoms with Gasteiger partial charge in [0.2, 0.25) is 0 Å². The second kappa shape index (κ2) is 7.91. The van der Waals surface area contributed by atoms with Crippen LogP contribution in [0.2, 0.25) is 0 Å². The first-order valence-electron chi connectivity index (χ1n) is 9.46. The Labute approximate surface area is 172 Å². The van der Waals surface area contributed by atoms with Crippen LogP contribution in [-0.2, 0) is 6.61 Å². The van der Waals surface area contributed by atoms with Crippen LogP contribution in [0.1, 0.15) is 48.8 Å². The molecule has 1 atom stereocenters. The third-order valence-corrected chi connectivity index (χ3v) is 5.94. The molecule has 7 heteroatoms. The van der Waals surface area contributed by atoms with Crippen molar-refractivity contribution in [2.45, 2.75) is 38.7 Å². The number of thioether (sulfide) groups is 1. The molecule has 0 amide bonds. The summed E-state index contributed by atoms with van der Waals surface area (Å²) in [7, 11) is 0. The van der Waals surface area contributed by atoms with Gasteiger partial charge in [-0.25, -0.2) is 9.38 Å². The quantitative estimate of drug-likeness (QED) is 0.615. The fourth-order valence-electron chi connectivity index (χ4n) is 3.30. The Hall–Kier alpha value is -2.80. The van der Waals surface area contributed by atoms with Crippen LogP contribution >= 0.6 is 11.8 Å². The van der Waals surface area contributed by atoms with E-state index in [0.717, 1.165) is 21.9 Å². The Kier molecular flexibility index (Phi) is 5.32. The maximum absolute atomic E-state index is 13.0. The first kappa shape index (κ1) is 19.5. The Balaban J connectivity index is 1.56. The molecule has 0 bridgehead atoms. The Bertz CT molecular complexity index is 1100. The lowest BCUT2D eigenvalue weighted by molar-refractivity contribution is 0.306. The van der Waals surface area contributed by atoms with Gasteiger partial charge in [-0.15, -0.1) is 0 Å². The molecule has 150 valence electrons. The summed E-state index contributed by atoms with van der Waals surface area (Å²) < 4.78 is 20.6. The lowest BCUT2D eigenvalue weighted by Crippen LogP contribution is -2.13. The molecule has 0 aliphatic carbocycles. The number of hydrogen-bond donors (Lipinski definition) is 1. The predicted molar refractivity (Wildman–Crippen MR) is 115 cm³/mol. The summed E-state index contributed by atoms with van der Waals surface area (Å²) in [4.78, 5) is 17.2. The topological polar surface area (TPSA) is 59.4 Å². The monoisotopic (exact) mass is 411 g/mol. The molecular formula is C22H22FN3O2S. The van der Waals surface area contributed by atoms with E-state index in [1.54, 1.807) is 23.9 Å². The molecule has 4 rings (SSSR count). The van der Waals surface area contributed by atoms with Gasteiger partial charge in [0, 0.05) is 6.04 Å². The minimum Gasteiger partial charge on any atom is -0.489 e. The minimum atomic E-state index is -0.262. The number of aromatic amines is 1. The highest BCUT2D eigenvalue weighted by molar-refractivity contribution is 8.14. The fraction of sp³-hybridized carbons (Fsp3) is 0.273. The predicted octanol–water partition coefficient (Wildman–Crippen LogP) is 5.36. The van der Waals surface area contributed by atoms with E-state index in [9.17, 15) is 9.18 Å². The molecule has 5 nitrogen and oxygen atoms in total. The maximum atomic E-state index is 13.0. The van der Waals surface area contributed by atoms with Crippen molar-refractivity contribution in [1.82, 2.24) is 9.78 Å². The van der Waals surface area contributed by atoms with Crippen molar-refractivity contribution in [2.75, 3.05) is 0 Å². The Morgan fingerprint density at radius 2 is 1.86 bits per heavy atom. The van der Waals surface area contributed by atoms with E-state index in [1.807, 2.05) is 49.7 Å². The number of benzene rings is 2. The number of nitrogens with zero attached hydrogens (tertiary/aromatic N) is 2. The largest absolute Gasteiger partial charge is 0.489 e. The van der Waals surface area contributed by atoms with Gasteiger partial charge >= 0.3 is 0 Å². The average Bonchev–Trinajstić information content (AvgIpc) is 3.04. The van der Waals surface area contributed by atoms with E-state index in [-0.39, 0.29) is 22.7 Å². The summed E-state index contributed by atoms with van der Waals surface area (Å²) >= 11 is 1.58. The van der Waals surface area contributed by atoms with Crippen LogP contribution in [0.4, 0.5) is 10.2 Å². The van der Waals surface area contributed by atoms with Crippen molar-refractivity contribution >= 4 is 22.6 Å². The van der Waals surface area contributed by atoms with Gasteiger partial charge in [-0.1, -0.05) is 36.0 Å². The zero-order valence-corrected chi connectivity index (χ0v) is 17.3. The molecule has 0 spiro atoms. The first-order chi connectivity index (χ1) is 13.9. The van der Waals surface area contributed by atoms with Crippen LogP contribution in [0.5, 0.6) is 5.75 Å². The summed E-state index contributed by atoms with van der Waals surface area (Å²) in [5.41, 5.74) is 2.51. The number of nitrogens with one attached hydrogen (secondary N) is 1. The van der Waals surface area contributed by atoms with Crippen molar-refractivity contribution in [3.63, 3.8) is 0 Å². The second-order valence-corrected chi connectivity index (χ2v) is 8.55. The normalized spacial score (nSPS) is 15.9. The molecule has 0 unspecified atom stereocenters. The number of aliphatic imine (C=N–C) groups is 1. The number of ether oxygens (including phenoxy) is 1. The lowest BCUT2D eigenvalue weighted by Gasteiger charge is -2.21.